The van der Waals surface area contributed by atoms with Crippen LogP contribution < -0.4 is 14.8 Å². The number of hydrogen-bond donors (Lipinski definition) is 1. The van der Waals surface area contributed by atoms with E-state index in [4.69, 9.17) is 9.47 Å². The number of benzene rings is 2. The summed E-state index contributed by atoms with van der Waals surface area (Å²) in [6.45, 7) is 2.07. The average molecular weight is 331 g/mol. The molecule has 1 saturated heterocycles. The molecule has 6 heteroatoms. The molecule has 1 spiro atoms. The predicted molar refractivity (Wildman–Crippen MR) is 84.7 cm³/mol. The summed E-state index contributed by atoms with van der Waals surface area (Å²) in [5.41, 5.74) is -0.387. The molecule has 2 aromatic rings. The lowest BCUT2D eigenvalue weighted by Crippen LogP contribution is -2.46. The number of ether oxygens (including phenoxy) is 2. The molecule has 0 aromatic heterocycles. The third kappa shape index (κ3) is 2.48. The van der Waals surface area contributed by atoms with Crippen molar-refractivity contribution in [2.24, 2.45) is 0 Å². The molecule has 0 aliphatic carbocycles. The summed E-state index contributed by atoms with van der Waals surface area (Å²) in [4.78, 5) is 0.489. The van der Waals surface area contributed by atoms with Crippen LogP contribution in [0.4, 0.5) is 0 Å². The summed E-state index contributed by atoms with van der Waals surface area (Å²) in [7, 11) is -3.56. The molecule has 0 amide bonds. The molecular weight excluding hydrogens is 314 g/mol. The van der Waals surface area contributed by atoms with Gasteiger partial charge in [0, 0.05) is 19.0 Å². The van der Waals surface area contributed by atoms with Gasteiger partial charge in [0.1, 0.15) is 6.61 Å². The van der Waals surface area contributed by atoms with Gasteiger partial charge in [0.15, 0.2) is 17.1 Å². The number of nitrogens with one attached hydrogen (secondary N) is 1. The molecule has 0 bridgehead atoms. The second-order valence-electron chi connectivity index (χ2n) is 5.93. The van der Waals surface area contributed by atoms with Crippen molar-refractivity contribution < 1.29 is 17.9 Å². The van der Waals surface area contributed by atoms with E-state index in [-0.39, 0.29) is 15.4 Å². The highest BCUT2D eigenvalue weighted by Gasteiger charge is 2.41. The van der Waals surface area contributed by atoms with E-state index in [2.05, 4.69) is 5.32 Å². The van der Waals surface area contributed by atoms with Gasteiger partial charge in [-0.2, -0.15) is 0 Å². The van der Waals surface area contributed by atoms with Crippen molar-refractivity contribution in [1.82, 2.24) is 5.32 Å². The smallest absolute Gasteiger partial charge is 0.206 e. The summed E-state index contributed by atoms with van der Waals surface area (Å²) in [5, 5.41) is 3.26. The van der Waals surface area contributed by atoms with Crippen molar-refractivity contribution in [3.05, 3.63) is 48.5 Å². The summed E-state index contributed by atoms with van der Waals surface area (Å²) < 4.78 is 37.3. The number of hydrogen-bond acceptors (Lipinski definition) is 5. The second kappa shape index (κ2) is 5.25. The molecule has 1 N–H and O–H groups in total. The highest BCUT2D eigenvalue weighted by molar-refractivity contribution is 7.91. The first-order chi connectivity index (χ1) is 11.1. The minimum atomic E-state index is -3.56. The van der Waals surface area contributed by atoms with Gasteiger partial charge in [-0.1, -0.05) is 18.2 Å². The predicted octanol–water partition coefficient (Wildman–Crippen LogP) is 2.02. The van der Waals surface area contributed by atoms with Crippen molar-refractivity contribution in [2.45, 2.75) is 21.8 Å². The zero-order valence-electron chi connectivity index (χ0n) is 12.5. The fraction of sp³-hybridized carbons (Fsp3) is 0.294. The highest BCUT2D eigenvalue weighted by Crippen LogP contribution is 2.39. The van der Waals surface area contributed by atoms with Gasteiger partial charge in [-0.3, -0.25) is 0 Å². The Balaban J connectivity index is 1.73. The Hall–Kier alpha value is -2.05. The summed E-state index contributed by atoms with van der Waals surface area (Å²) in [5.74, 6) is 1.09. The maximum Gasteiger partial charge on any atom is 0.206 e. The zero-order valence-corrected chi connectivity index (χ0v) is 13.3. The van der Waals surface area contributed by atoms with Gasteiger partial charge in [-0.25, -0.2) is 8.42 Å². The van der Waals surface area contributed by atoms with Crippen LogP contribution in [-0.2, 0) is 9.84 Å². The number of fused-ring (bicyclic) bond motifs is 1. The highest BCUT2D eigenvalue weighted by atomic mass is 32.2. The summed E-state index contributed by atoms with van der Waals surface area (Å²) >= 11 is 0. The van der Waals surface area contributed by atoms with E-state index in [9.17, 15) is 8.42 Å². The van der Waals surface area contributed by atoms with Gasteiger partial charge in [-0.05, 0) is 30.8 Å². The molecule has 5 nitrogen and oxygen atoms in total. The van der Waals surface area contributed by atoms with E-state index in [0.717, 1.165) is 13.0 Å². The van der Waals surface area contributed by atoms with Crippen LogP contribution in [0.25, 0.3) is 0 Å². The average Bonchev–Trinajstić information content (AvgIpc) is 3.03. The zero-order chi connectivity index (χ0) is 15.9. The van der Waals surface area contributed by atoms with Gasteiger partial charge in [0.05, 0.1) is 9.79 Å². The molecule has 4 rings (SSSR count). The van der Waals surface area contributed by atoms with Crippen LogP contribution in [0.5, 0.6) is 11.5 Å². The maximum absolute atomic E-state index is 12.7. The van der Waals surface area contributed by atoms with Crippen LogP contribution in [0.2, 0.25) is 0 Å². The van der Waals surface area contributed by atoms with Crippen molar-refractivity contribution in [3.8, 4) is 11.5 Å². The Morgan fingerprint density at radius 3 is 2.57 bits per heavy atom. The first kappa shape index (κ1) is 14.5. The Bertz CT molecular complexity index is 827. The third-order valence-corrected chi connectivity index (χ3v) is 6.07. The lowest BCUT2D eigenvalue weighted by atomic mass is 10.0. The standard InChI is InChI=1S/C17H17NO4S/c19-23(20,13-4-2-1-3-5-13)14-6-7-15-16(10-14)22-17(12-21-15)8-9-18-11-17/h1-7,10,18H,8-9,11-12H2. The number of sulfone groups is 1. The molecule has 1 unspecified atom stereocenters. The molecule has 2 aromatic carbocycles. The SMILES string of the molecule is O=S(=O)(c1ccccc1)c1ccc2c(c1)OC1(CCNC1)CO2. The van der Waals surface area contributed by atoms with Crippen molar-refractivity contribution >= 4 is 9.84 Å². The molecule has 2 heterocycles. The first-order valence-electron chi connectivity index (χ1n) is 7.56. The van der Waals surface area contributed by atoms with Gasteiger partial charge in [0.2, 0.25) is 9.84 Å². The van der Waals surface area contributed by atoms with Crippen molar-refractivity contribution in [2.75, 3.05) is 19.7 Å². The Morgan fingerprint density at radius 1 is 1.00 bits per heavy atom. The quantitative estimate of drug-likeness (QED) is 0.912. The lowest BCUT2D eigenvalue weighted by Gasteiger charge is -2.34. The Morgan fingerprint density at radius 2 is 1.83 bits per heavy atom. The Labute approximate surface area is 135 Å². The largest absolute Gasteiger partial charge is 0.485 e. The molecule has 2 aliphatic heterocycles. The molecule has 120 valence electrons. The molecule has 1 fully saturated rings. The normalized spacial score (nSPS) is 23.1. The lowest BCUT2D eigenvalue weighted by molar-refractivity contribution is 0.00718. The van der Waals surface area contributed by atoms with E-state index in [1.165, 1.54) is 0 Å². The molecule has 0 saturated carbocycles. The first-order valence-corrected chi connectivity index (χ1v) is 9.04. The minimum absolute atomic E-state index is 0.217. The third-order valence-electron chi connectivity index (χ3n) is 4.30. The van der Waals surface area contributed by atoms with E-state index >= 15 is 0 Å². The molecule has 2 aliphatic rings. The molecule has 1 atom stereocenters. The van der Waals surface area contributed by atoms with Crippen LogP contribution >= 0.6 is 0 Å². The van der Waals surface area contributed by atoms with Gasteiger partial charge >= 0.3 is 0 Å². The topological polar surface area (TPSA) is 64.6 Å². The van der Waals surface area contributed by atoms with Gasteiger partial charge in [0.25, 0.3) is 0 Å². The van der Waals surface area contributed by atoms with Crippen LogP contribution in [0.15, 0.2) is 58.3 Å². The van der Waals surface area contributed by atoms with E-state index in [0.29, 0.717) is 24.7 Å². The van der Waals surface area contributed by atoms with Crippen molar-refractivity contribution in [3.63, 3.8) is 0 Å². The number of rotatable bonds is 2. The van der Waals surface area contributed by atoms with E-state index < -0.39 is 9.84 Å². The van der Waals surface area contributed by atoms with Crippen LogP contribution in [0.3, 0.4) is 0 Å². The van der Waals surface area contributed by atoms with Crippen LogP contribution in [0, 0.1) is 0 Å². The molecule has 23 heavy (non-hydrogen) atoms. The maximum atomic E-state index is 12.7. The fourth-order valence-electron chi connectivity index (χ4n) is 2.99. The second-order valence-corrected chi connectivity index (χ2v) is 7.88. The minimum Gasteiger partial charge on any atom is -0.485 e. The summed E-state index contributed by atoms with van der Waals surface area (Å²) in [6, 6.07) is 13.2. The van der Waals surface area contributed by atoms with Crippen LogP contribution in [-0.4, -0.2) is 33.7 Å². The molecule has 0 radical (unpaired) electrons. The van der Waals surface area contributed by atoms with Gasteiger partial charge < -0.3 is 14.8 Å². The molecular formula is C17H17NO4S. The van der Waals surface area contributed by atoms with E-state index in [1.54, 1.807) is 48.5 Å². The fourth-order valence-corrected chi connectivity index (χ4v) is 4.29. The van der Waals surface area contributed by atoms with Crippen molar-refractivity contribution in [1.29, 1.82) is 0 Å². The summed E-state index contributed by atoms with van der Waals surface area (Å²) in [6.07, 6.45) is 0.849. The van der Waals surface area contributed by atoms with E-state index in [1.807, 2.05) is 0 Å². The Kier molecular flexibility index (Phi) is 3.32. The monoisotopic (exact) mass is 331 g/mol. The van der Waals surface area contributed by atoms with Crippen LogP contribution in [0.1, 0.15) is 6.42 Å². The van der Waals surface area contributed by atoms with Gasteiger partial charge in [-0.15, -0.1) is 0 Å².